The maximum absolute atomic E-state index is 12.5. The van der Waals surface area contributed by atoms with Gasteiger partial charge in [0.05, 0.1) is 11.5 Å². The zero-order valence-corrected chi connectivity index (χ0v) is 13.9. The largest absolute Gasteiger partial charge is 0.452 e. The van der Waals surface area contributed by atoms with Crippen molar-refractivity contribution in [3.05, 3.63) is 24.0 Å². The quantitative estimate of drug-likeness (QED) is 0.824. The highest BCUT2D eigenvalue weighted by atomic mass is 32.2. The maximum atomic E-state index is 12.5. The second-order valence-corrected chi connectivity index (χ2v) is 9.29. The minimum atomic E-state index is -4.73. The number of nitrogens with one attached hydrogen (secondary N) is 1. The smallest absolute Gasteiger partial charge is 0.441 e. The number of alkyl halides is 3. The molecule has 2 aromatic heterocycles. The summed E-state index contributed by atoms with van der Waals surface area (Å²) in [6.45, 7) is 0. The van der Waals surface area contributed by atoms with Crippen molar-refractivity contribution in [1.29, 1.82) is 0 Å². The lowest BCUT2D eigenvalue weighted by molar-refractivity contribution is -0.155. The fraction of sp³-hybridized carbons (Fsp3) is 0.417. The third kappa shape index (κ3) is 3.88. The molecule has 1 N–H and O–H groups in total. The Labute approximate surface area is 139 Å². The van der Waals surface area contributed by atoms with Crippen LogP contribution in [0.3, 0.4) is 0 Å². The molecule has 0 radical (unpaired) electrons. The molecule has 3 heterocycles. The van der Waals surface area contributed by atoms with Gasteiger partial charge in [-0.25, -0.2) is 21.6 Å². The third-order valence-electron chi connectivity index (χ3n) is 3.44. The molecule has 0 aliphatic carbocycles. The van der Waals surface area contributed by atoms with Crippen LogP contribution in [-0.4, -0.2) is 39.5 Å². The summed E-state index contributed by atoms with van der Waals surface area (Å²) in [6.07, 6.45) is -4.60. The van der Waals surface area contributed by atoms with E-state index < -0.39 is 42.9 Å². The molecule has 1 aliphatic heterocycles. The van der Waals surface area contributed by atoms with Gasteiger partial charge in [-0.1, -0.05) is 5.16 Å². The molecule has 3 rings (SSSR count). The number of sulfonamides is 1. The molecule has 0 aromatic carbocycles. The van der Waals surface area contributed by atoms with Gasteiger partial charge in [0.1, 0.15) is 5.69 Å². The van der Waals surface area contributed by atoms with Crippen LogP contribution in [0.15, 0.2) is 32.2 Å². The summed E-state index contributed by atoms with van der Waals surface area (Å²) in [4.78, 5) is 0. The first-order valence-corrected chi connectivity index (χ1v) is 10.1. The van der Waals surface area contributed by atoms with Gasteiger partial charge in [0, 0.05) is 12.1 Å². The van der Waals surface area contributed by atoms with Crippen LogP contribution in [0.5, 0.6) is 0 Å². The lowest BCUT2D eigenvalue weighted by Crippen LogP contribution is -2.35. The minimum Gasteiger partial charge on any atom is -0.441 e. The fourth-order valence-corrected chi connectivity index (χ4v) is 5.27. The predicted molar refractivity (Wildman–Crippen MR) is 76.6 cm³/mol. The number of aromatic nitrogens is 1. The zero-order valence-electron chi connectivity index (χ0n) is 12.3. The normalized spacial score (nSPS) is 20.8. The Morgan fingerprint density at radius 1 is 1.28 bits per heavy atom. The first-order chi connectivity index (χ1) is 11.5. The van der Waals surface area contributed by atoms with Gasteiger partial charge in [-0.3, -0.25) is 0 Å². The van der Waals surface area contributed by atoms with Crippen LogP contribution in [0.2, 0.25) is 0 Å². The number of halogens is 3. The number of nitrogens with zero attached hydrogens (tertiary/aromatic N) is 1. The van der Waals surface area contributed by atoms with Crippen molar-refractivity contribution in [2.24, 2.45) is 0 Å². The third-order valence-corrected chi connectivity index (χ3v) is 6.60. The van der Waals surface area contributed by atoms with Crippen LogP contribution in [0.4, 0.5) is 13.2 Å². The lowest BCUT2D eigenvalue weighted by Gasteiger charge is -2.09. The van der Waals surface area contributed by atoms with Crippen LogP contribution >= 0.6 is 0 Å². The second-order valence-electron chi connectivity index (χ2n) is 5.41. The molecule has 0 unspecified atom stereocenters. The van der Waals surface area contributed by atoms with Crippen LogP contribution in [0.25, 0.3) is 11.5 Å². The molecule has 1 aliphatic rings. The van der Waals surface area contributed by atoms with Gasteiger partial charge in [0.15, 0.2) is 15.6 Å². The first kappa shape index (κ1) is 17.9. The van der Waals surface area contributed by atoms with Crippen molar-refractivity contribution in [2.75, 3.05) is 11.5 Å². The molecule has 0 saturated carbocycles. The van der Waals surface area contributed by atoms with Gasteiger partial charge >= 0.3 is 6.18 Å². The van der Waals surface area contributed by atoms with E-state index in [0.29, 0.717) is 6.07 Å². The highest BCUT2D eigenvalue weighted by molar-refractivity contribution is 7.92. The van der Waals surface area contributed by atoms with Crippen molar-refractivity contribution in [3.8, 4) is 11.5 Å². The average Bonchev–Trinajstić information content (AvgIpc) is 3.15. The van der Waals surface area contributed by atoms with Crippen LogP contribution < -0.4 is 4.72 Å². The zero-order chi connectivity index (χ0) is 18.5. The highest BCUT2D eigenvalue weighted by Crippen LogP contribution is 2.33. The average molecular weight is 400 g/mol. The SMILES string of the molecule is O=S1(=O)CC[C@H](NS(=O)(=O)c2ccc(-c3cc(C(F)(F)F)on3)o2)C1. The van der Waals surface area contributed by atoms with Crippen molar-refractivity contribution in [3.63, 3.8) is 0 Å². The Morgan fingerprint density at radius 2 is 2.00 bits per heavy atom. The van der Waals surface area contributed by atoms with E-state index in [0.717, 1.165) is 12.1 Å². The van der Waals surface area contributed by atoms with Crippen molar-refractivity contribution in [2.45, 2.75) is 23.7 Å². The number of sulfone groups is 1. The van der Waals surface area contributed by atoms with E-state index in [2.05, 4.69) is 14.4 Å². The Kier molecular flexibility index (Phi) is 4.20. The number of hydrogen-bond donors (Lipinski definition) is 1. The number of hydrogen-bond acceptors (Lipinski definition) is 7. The highest BCUT2D eigenvalue weighted by Gasteiger charge is 2.37. The standard InChI is InChI=1S/C12H11F3N2O6S2/c13-12(14,15)10-5-8(16-23-10)9-1-2-11(22-9)25(20,21)17-7-3-4-24(18,19)6-7/h1-2,5,7,17H,3-4,6H2/t7-/m0/s1. The van der Waals surface area contributed by atoms with Crippen molar-refractivity contribution in [1.82, 2.24) is 9.88 Å². The first-order valence-electron chi connectivity index (χ1n) is 6.83. The van der Waals surface area contributed by atoms with E-state index >= 15 is 0 Å². The van der Waals surface area contributed by atoms with E-state index in [1.807, 2.05) is 0 Å². The molecule has 1 fully saturated rings. The van der Waals surface area contributed by atoms with Crippen molar-refractivity contribution >= 4 is 19.9 Å². The summed E-state index contributed by atoms with van der Waals surface area (Å²) in [5.41, 5.74) is -0.322. The minimum absolute atomic E-state index is 0.122. The summed E-state index contributed by atoms with van der Waals surface area (Å²) in [5, 5.41) is 2.62. The molecular weight excluding hydrogens is 389 g/mol. The molecule has 25 heavy (non-hydrogen) atoms. The number of furan rings is 1. The number of rotatable bonds is 4. The Morgan fingerprint density at radius 3 is 2.56 bits per heavy atom. The summed E-state index contributed by atoms with van der Waals surface area (Å²) in [7, 11) is -7.45. The Bertz CT molecular complexity index is 990. The monoisotopic (exact) mass is 400 g/mol. The second kappa shape index (κ2) is 5.85. The molecule has 1 atom stereocenters. The molecule has 0 amide bonds. The summed E-state index contributed by atoms with van der Waals surface area (Å²) >= 11 is 0. The molecule has 0 bridgehead atoms. The molecule has 138 valence electrons. The molecule has 1 saturated heterocycles. The molecule has 13 heteroatoms. The predicted octanol–water partition coefficient (Wildman–Crippen LogP) is 1.42. The lowest BCUT2D eigenvalue weighted by atomic mass is 10.3. The van der Waals surface area contributed by atoms with Crippen molar-refractivity contribution < 1.29 is 38.9 Å². The van der Waals surface area contributed by atoms with Gasteiger partial charge in [-0.15, -0.1) is 0 Å². The van der Waals surface area contributed by atoms with E-state index in [9.17, 15) is 30.0 Å². The van der Waals surface area contributed by atoms with E-state index in [-0.39, 0.29) is 29.4 Å². The Hall–Kier alpha value is -1.86. The van der Waals surface area contributed by atoms with E-state index in [1.54, 1.807) is 0 Å². The van der Waals surface area contributed by atoms with E-state index in [1.165, 1.54) is 0 Å². The van der Waals surface area contributed by atoms with Gasteiger partial charge in [0.25, 0.3) is 10.0 Å². The van der Waals surface area contributed by atoms with Gasteiger partial charge < -0.3 is 8.94 Å². The molecular formula is C12H11F3N2O6S2. The van der Waals surface area contributed by atoms with Crippen LogP contribution in [-0.2, 0) is 26.0 Å². The summed E-state index contributed by atoms with van der Waals surface area (Å²) in [5.74, 6) is -2.03. The molecule has 2 aromatic rings. The fourth-order valence-electron chi connectivity index (χ4n) is 2.29. The summed E-state index contributed by atoms with van der Waals surface area (Å²) < 4.78 is 95.9. The molecule has 0 spiro atoms. The molecule has 8 nitrogen and oxygen atoms in total. The van der Waals surface area contributed by atoms with Gasteiger partial charge in [0.2, 0.25) is 10.9 Å². The van der Waals surface area contributed by atoms with Gasteiger partial charge in [-0.05, 0) is 18.6 Å². The topological polar surface area (TPSA) is 119 Å². The van der Waals surface area contributed by atoms with Gasteiger partial charge in [-0.2, -0.15) is 13.2 Å². The van der Waals surface area contributed by atoms with Crippen LogP contribution in [0, 0.1) is 0 Å². The van der Waals surface area contributed by atoms with Crippen LogP contribution in [0.1, 0.15) is 12.2 Å². The Balaban J connectivity index is 1.80. The van der Waals surface area contributed by atoms with E-state index in [4.69, 9.17) is 4.42 Å². The maximum Gasteiger partial charge on any atom is 0.452 e. The summed E-state index contributed by atoms with van der Waals surface area (Å²) in [6, 6.07) is 1.94.